The molecule has 2 N–H and O–H groups in total. The molecule has 4 aromatic rings. The number of aromatic amines is 1. The zero-order chi connectivity index (χ0) is 20.4. The van der Waals surface area contributed by atoms with Crippen LogP contribution in [0.1, 0.15) is 0 Å². The molecule has 0 saturated heterocycles. The van der Waals surface area contributed by atoms with Crippen molar-refractivity contribution in [2.75, 3.05) is 11.1 Å². The van der Waals surface area contributed by atoms with E-state index in [1.165, 1.54) is 10.8 Å². The Bertz CT molecular complexity index is 1260. The second-order valence-electron chi connectivity index (χ2n) is 5.96. The molecule has 0 aliphatic rings. The van der Waals surface area contributed by atoms with Gasteiger partial charge in [-0.05, 0) is 24.3 Å². The highest BCUT2D eigenvalue weighted by molar-refractivity contribution is 7.99. The number of carbonyl (C=O) groups is 1. The summed E-state index contributed by atoms with van der Waals surface area (Å²) < 4.78 is 28.1. The molecule has 10 heteroatoms. The summed E-state index contributed by atoms with van der Waals surface area (Å²) in [6.45, 7) is 0. The number of aromatic nitrogens is 4. The number of thioether (sulfide) groups is 1. The molecule has 7 nitrogen and oxygen atoms in total. The van der Waals surface area contributed by atoms with Crippen molar-refractivity contribution in [3.05, 3.63) is 76.7 Å². The highest BCUT2D eigenvalue weighted by atomic mass is 32.2. The number of fused-ring (bicyclic) bond motifs is 1. The maximum absolute atomic E-state index is 13.7. The Morgan fingerprint density at radius 1 is 1.17 bits per heavy atom. The second kappa shape index (κ2) is 7.84. The number of benzene rings is 2. The highest BCUT2D eigenvalue weighted by Gasteiger charge is 2.16. The van der Waals surface area contributed by atoms with Crippen LogP contribution in [0.4, 0.5) is 14.5 Å². The van der Waals surface area contributed by atoms with Crippen LogP contribution < -0.4 is 10.9 Å². The van der Waals surface area contributed by atoms with Crippen molar-refractivity contribution in [3.63, 3.8) is 0 Å². The lowest BCUT2D eigenvalue weighted by molar-refractivity contribution is -0.113. The van der Waals surface area contributed by atoms with Gasteiger partial charge in [-0.1, -0.05) is 30.0 Å². The standard InChI is InChI=1S/C19H13F2N5O2S/c20-11-6-7-15(14(21)8-11)23-16(27)10-29-19-24-17-13(9-22-25-17)18(28)26(19)12-4-2-1-3-5-12/h1-9H,10H2,(H,22,25)(H,23,27). The van der Waals surface area contributed by atoms with Crippen LogP contribution in [0.15, 0.2) is 64.7 Å². The van der Waals surface area contributed by atoms with Gasteiger partial charge in [0.1, 0.15) is 17.0 Å². The number of hydrogen-bond donors (Lipinski definition) is 2. The number of para-hydroxylation sites is 1. The quantitative estimate of drug-likeness (QED) is 0.387. The first-order valence-electron chi connectivity index (χ1n) is 8.42. The van der Waals surface area contributed by atoms with E-state index in [0.29, 0.717) is 22.8 Å². The zero-order valence-electron chi connectivity index (χ0n) is 14.7. The number of rotatable bonds is 5. The minimum Gasteiger partial charge on any atom is -0.323 e. The molecule has 146 valence electrons. The third kappa shape index (κ3) is 3.87. The Kier molecular flexibility index (Phi) is 5.09. The molecule has 2 heterocycles. The van der Waals surface area contributed by atoms with Crippen LogP contribution in [-0.2, 0) is 4.79 Å². The fourth-order valence-electron chi connectivity index (χ4n) is 2.68. The number of anilines is 1. The monoisotopic (exact) mass is 413 g/mol. The van der Waals surface area contributed by atoms with Gasteiger partial charge in [0.25, 0.3) is 5.56 Å². The van der Waals surface area contributed by atoms with Gasteiger partial charge in [-0.25, -0.2) is 13.8 Å². The van der Waals surface area contributed by atoms with E-state index in [4.69, 9.17) is 0 Å². The second-order valence-corrected chi connectivity index (χ2v) is 6.91. The molecular formula is C19H13F2N5O2S. The van der Waals surface area contributed by atoms with E-state index in [1.54, 1.807) is 24.3 Å². The fourth-order valence-corrected chi connectivity index (χ4v) is 3.49. The molecule has 0 radical (unpaired) electrons. The number of H-pyrrole nitrogens is 1. The van der Waals surface area contributed by atoms with E-state index in [2.05, 4.69) is 20.5 Å². The molecule has 0 spiro atoms. The summed E-state index contributed by atoms with van der Waals surface area (Å²) in [5.74, 6) is -2.28. The van der Waals surface area contributed by atoms with Gasteiger partial charge in [0.15, 0.2) is 10.8 Å². The van der Waals surface area contributed by atoms with Crippen LogP contribution in [0.2, 0.25) is 0 Å². The molecule has 0 fully saturated rings. The topological polar surface area (TPSA) is 92.7 Å². The van der Waals surface area contributed by atoms with Crippen molar-refractivity contribution in [3.8, 4) is 5.69 Å². The lowest BCUT2D eigenvalue weighted by Crippen LogP contribution is -2.22. The normalized spacial score (nSPS) is 11.0. The number of nitrogens with one attached hydrogen (secondary N) is 2. The average molecular weight is 413 g/mol. The summed E-state index contributed by atoms with van der Waals surface area (Å²) in [5.41, 5.74) is 0.423. The van der Waals surface area contributed by atoms with Gasteiger partial charge >= 0.3 is 0 Å². The Morgan fingerprint density at radius 2 is 1.97 bits per heavy atom. The van der Waals surface area contributed by atoms with Gasteiger partial charge in [0.05, 0.1) is 23.3 Å². The number of halogens is 2. The number of nitrogens with zero attached hydrogens (tertiary/aromatic N) is 3. The van der Waals surface area contributed by atoms with E-state index < -0.39 is 17.5 Å². The largest absolute Gasteiger partial charge is 0.323 e. The highest BCUT2D eigenvalue weighted by Crippen LogP contribution is 2.21. The molecule has 2 aromatic carbocycles. The van der Waals surface area contributed by atoms with Gasteiger partial charge in [0, 0.05) is 6.07 Å². The molecule has 0 bridgehead atoms. The summed E-state index contributed by atoms with van der Waals surface area (Å²) in [7, 11) is 0. The molecule has 0 saturated carbocycles. The van der Waals surface area contributed by atoms with E-state index in [-0.39, 0.29) is 22.2 Å². The van der Waals surface area contributed by atoms with Crippen molar-refractivity contribution >= 4 is 34.4 Å². The van der Waals surface area contributed by atoms with Gasteiger partial charge in [-0.15, -0.1) is 0 Å². The summed E-state index contributed by atoms with van der Waals surface area (Å²) >= 11 is 1.01. The van der Waals surface area contributed by atoms with Gasteiger partial charge in [0.2, 0.25) is 5.91 Å². The Balaban J connectivity index is 1.62. The van der Waals surface area contributed by atoms with E-state index in [0.717, 1.165) is 23.9 Å². The van der Waals surface area contributed by atoms with Crippen LogP contribution in [0.25, 0.3) is 16.7 Å². The minimum absolute atomic E-state index is 0.130. The van der Waals surface area contributed by atoms with Gasteiger partial charge in [-0.3, -0.25) is 19.3 Å². The van der Waals surface area contributed by atoms with Crippen molar-refractivity contribution in [1.29, 1.82) is 0 Å². The summed E-state index contributed by atoms with van der Waals surface area (Å²) in [4.78, 5) is 29.5. The maximum atomic E-state index is 13.7. The first-order valence-corrected chi connectivity index (χ1v) is 9.41. The van der Waals surface area contributed by atoms with Crippen LogP contribution in [0.3, 0.4) is 0 Å². The molecule has 0 atom stereocenters. The first-order chi connectivity index (χ1) is 14.0. The van der Waals surface area contributed by atoms with Crippen molar-refractivity contribution in [2.45, 2.75) is 5.16 Å². The van der Waals surface area contributed by atoms with E-state index >= 15 is 0 Å². The summed E-state index contributed by atoms with van der Waals surface area (Å²) in [6.07, 6.45) is 1.39. The van der Waals surface area contributed by atoms with Gasteiger partial charge < -0.3 is 5.32 Å². The summed E-state index contributed by atoms with van der Waals surface area (Å²) in [5, 5.41) is 9.45. The molecule has 29 heavy (non-hydrogen) atoms. The predicted octanol–water partition coefficient (Wildman–Crippen LogP) is 3.12. The number of hydrogen-bond acceptors (Lipinski definition) is 5. The molecule has 1 amide bonds. The predicted molar refractivity (Wildman–Crippen MR) is 105 cm³/mol. The molecule has 0 unspecified atom stereocenters. The lowest BCUT2D eigenvalue weighted by Gasteiger charge is -2.12. The maximum Gasteiger partial charge on any atom is 0.269 e. The lowest BCUT2D eigenvalue weighted by atomic mass is 10.3. The summed E-state index contributed by atoms with van der Waals surface area (Å²) in [6, 6.07) is 11.7. The molecule has 4 rings (SSSR count). The molecular weight excluding hydrogens is 400 g/mol. The van der Waals surface area contributed by atoms with Crippen molar-refractivity contribution in [1.82, 2.24) is 19.7 Å². The van der Waals surface area contributed by atoms with Gasteiger partial charge in [-0.2, -0.15) is 5.10 Å². The van der Waals surface area contributed by atoms with E-state index in [9.17, 15) is 18.4 Å². The Morgan fingerprint density at radius 3 is 2.72 bits per heavy atom. The number of amides is 1. The molecule has 0 aliphatic carbocycles. The van der Waals surface area contributed by atoms with Crippen LogP contribution >= 0.6 is 11.8 Å². The third-order valence-electron chi connectivity index (χ3n) is 4.00. The third-order valence-corrected chi connectivity index (χ3v) is 4.94. The fraction of sp³-hybridized carbons (Fsp3) is 0.0526. The first kappa shape index (κ1) is 18.8. The Labute approximate surface area is 166 Å². The SMILES string of the molecule is O=C(CSc1nc2[nH]ncc2c(=O)n1-c1ccccc1)Nc1ccc(F)cc1F. The minimum atomic E-state index is -0.874. The Hall–Kier alpha value is -3.53. The smallest absolute Gasteiger partial charge is 0.269 e. The van der Waals surface area contributed by atoms with Crippen molar-refractivity contribution in [2.24, 2.45) is 0 Å². The van der Waals surface area contributed by atoms with Crippen molar-refractivity contribution < 1.29 is 13.6 Å². The van der Waals surface area contributed by atoms with Crippen LogP contribution in [0, 0.1) is 11.6 Å². The van der Waals surface area contributed by atoms with E-state index in [1.807, 2.05) is 6.07 Å². The molecule has 0 aliphatic heterocycles. The zero-order valence-corrected chi connectivity index (χ0v) is 15.5. The van der Waals surface area contributed by atoms with Crippen LogP contribution in [-0.4, -0.2) is 31.4 Å². The van der Waals surface area contributed by atoms with Crippen LogP contribution in [0.5, 0.6) is 0 Å². The average Bonchev–Trinajstić information content (AvgIpc) is 3.18. The number of carbonyl (C=O) groups excluding carboxylic acids is 1. The molecule has 2 aromatic heterocycles.